The van der Waals surface area contributed by atoms with Crippen molar-refractivity contribution in [1.29, 1.82) is 0 Å². The van der Waals surface area contributed by atoms with Crippen LogP contribution in [-0.2, 0) is 18.9 Å². The zero-order chi connectivity index (χ0) is 16.2. The Morgan fingerprint density at radius 1 is 0.474 bits per heavy atom. The second-order valence-electron chi connectivity index (χ2n) is 3.05. The Bertz CT molecular complexity index is 35.3. The maximum atomic E-state index is 4.25. The average molecular weight is 292 g/mol. The van der Waals surface area contributed by atoms with Gasteiger partial charge in [-0.05, 0) is 0 Å². The molecule has 0 aliphatic carbocycles. The number of hydrogen-bond acceptors (Lipinski definition) is 4. The number of methoxy groups -OCH3 is 4. The molecule has 0 aromatic carbocycles. The summed E-state index contributed by atoms with van der Waals surface area (Å²) in [6.45, 7) is 8.50. The van der Waals surface area contributed by atoms with Gasteiger partial charge in [-0.3, -0.25) is 0 Å². The van der Waals surface area contributed by atoms with Crippen molar-refractivity contribution >= 4 is 0 Å². The van der Waals surface area contributed by atoms with Crippen LogP contribution >= 0.6 is 0 Å². The van der Waals surface area contributed by atoms with Crippen molar-refractivity contribution in [3.8, 4) is 0 Å². The van der Waals surface area contributed by atoms with Gasteiger partial charge in [0.15, 0.2) is 0 Å². The first-order chi connectivity index (χ1) is 8.49. The molecule has 0 fully saturated rings. The van der Waals surface area contributed by atoms with Crippen LogP contribution in [0.25, 0.3) is 0 Å². The van der Waals surface area contributed by atoms with E-state index in [1.165, 1.54) is 12.8 Å². The highest BCUT2D eigenvalue weighted by Crippen LogP contribution is 1.56. The van der Waals surface area contributed by atoms with Crippen molar-refractivity contribution in [2.45, 2.75) is 48.0 Å². The van der Waals surface area contributed by atoms with Gasteiger partial charge in [0.2, 0.25) is 0 Å². The summed E-state index contributed by atoms with van der Waals surface area (Å²) in [4.78, 5) is 0. The van der Waals surface area contributed by atoms with Crippen LogP contribution in [0.15, 0.2) is 0 Å². The lowest BCUT2D eigenvalue weighted by Crippen LogP contribution is -1.55. The molecule has 0 atom stereocenters. The quantitative estimate of drug-likeness (QED) is 0.644. The van der Waals surface area contributed by atoms with Crippen LogP contribution in [0.4, 0.5) is 0 Å². The predicted molar refractivity (Wildman–Crippen MR) is 92.5 cm³/mol. The van der Waals surface area contributed by atoms with E-state index < -0.39 is 0 Å². The molecule has 0 bridgehead atoms. The maximum absolute atomic E-state index is 4.25. The van der Waals surface area contributed by atoms with E-state index in [2.05, 4.69) is 46.6 Å². The molecule has 0 heterocycles. The van der Waals surface area contributed by atoms with Crippen LogP contribution in [0.2, 0.25) is 0 Å². The lowest BCUT2D eigenvalue weighted by atomic mass is 10.6. The number of ether oxygens (including phenoxy) is 4. The normalized spacial score (nSPS) is 5.68. The lowest BCUT2D eigenvalue weighted by molar-refractivity contribution is 0.277. The van der Waals surface area contributed by atoms with Crippen molar-refractivity contribution in [2.75, 3.05) is 56.9 Å². The summed E-state index contributed by atoms with van der Waals surface area (Å²) in [7, 11) is 13.0. The molecule has 0 spiro atoms. The van der Waals surface area contributed by atoms with Crippen molar-refractivity contribution in [3.63, 3.8) is 0 Å². The van der Waals surface area contributed by atoms with Crippen molar-refractivity contribution in [3.05, 3.63) is 0 Å². The SMILES string of the molecule is C.CCC.CCC.COC.COC.COC.COC.[2HH]. The Labute approximate surface area is 126 Å². The number of hydrogen-bond donors (Lipinski definition) is 0. The standard InChI is InChI=1S/2C3H8.4C2H6O.CH4.H2/c6*1-3-2;;/h2*3H2,1-2H3;4*1-2H3;1H4;1H/i;;;;;;;1+1. The highest BCUT2D eigenvalue weighted by Gasteiger charge is 1.36. The molecule has 0 unspecified atom stereocenters. The van der Waals surface area contributed by atoms with Crippen molar-refractivity contribution < 1.29 is 20.4 Å². The Morgan fingerprint density at radius 3 is 0.474 bits per heavy atom. The summed E-state index contributed by atoms with van der Waals surface area (Å²) in [5, 5.41) is 0. The molecule has 0 N–H and O–H groups in total. The van der Waals surface area contributed by atoms with Crippen molar-refractivity contribution in [1.82, 2.24) is 0 Å². The zero-order valence-corrected chi connectivity index (χ0v) is 15.0. The van der Waals surface area contributed by atoms with E-state index in [0.717, 1.165) is 0 Å². The van der Waals surface area contributed by atoms with Crippen molar-refractivity contribution in [2.24, 2.45) is 0 Å². The smallest absolute Gasteiger partial charge is 0.0351 e. The topological polar surface area (TPSA) is 36.9 Å². The first-order valence-electron chi connectivity index (χ1n) is 6.09. The fourth-order valence-corrected chi connectivity index (χ4v) is 0. The molecule has 0 saturated heterocycles. The molecule has 19 heavy (non-hydrogen) atoms. The third kappa shape index (κ3) is 175000. The molecule has 0 aliphatic heterocycles. The number of rotatable bonds is 0. The van der Waals surface area contributed by atoms with Gasteiger partial charge in [0.05, 0.1) is 0 Å². The molecule has 130 valence electrons. The van der Waals surface area contributed by atoms with E-state index in [1.807, 2.05) is 0 Å². The first kappa shape index (κ1) is 42.8. The van der Waals surface area contributed by atoms with E-state index in [0.29, 0.717) is 0 Å². The van der Waals surface area contributed by atoms with E-state index >= 15 is 0 Å². The van der Waals surface area contributed by atoms with Crippen LogP contribution < -0.4 is 0 Å². The van der Waals surface area contributed by atoms with Gasteiger partial charge >= 0.3 is 0 Å². The van der Waals surface area contributed by atoms with Crippen LogP contribution in [0.5, 0.6) is 0 Å². The van der Waals surface area contributed by atoms with Gasteiger partial charge in [0.1, 0.15) is 0 Å². The third-order valence-electron chi connectivity index (χ3n) is 0. The molecule has 0 aliphatic rings. The summed E-state index contributed by atoms with van der Waals surface area (Å²) >= 11 is 0. The van der Waals surface area contributed by atoms with Crippen LogP contribution in [0.1, 0.15) is 49.4 Å². The molecular weight excluding hydrogens is 244 g/mol. The summed E-state index contributed by atoms with van der Waals surface area (Å²) in [6, 6.07) is 0. The van der Waals surface area contributed by atoms with Gasteiger partial charge in [0.25, 0.3) is 0 Å². The van der Waals surface area contributed by atoms with E-state index in [9.17, 15) is 0 Å². The van der Waals surface area contributed by atoms with Crippen LogP contribution in [0, 0.1) is 0 Å². The molecule has 0 radical (unpaired) electrons. The monoisotopic (exact) mass is 291 g/mol. The fraction of sp³-hybridized carbons (Fsp3) is 1.00. The molecular formula is C15H46O4. The van der Waals surface area contributed by atoms with E-state index in [4.69, 9.17) is 0 Å². The third-order valence-corrected chi connectivity index (χ3v) is 0. The maximum Gasteiger partial charge on any atom is 0.0351 e. The molecule has 0 aromatic heterocycles. The highest BCUT2D eigenvalue weighted by molar-refractivity contribution is 3.92. The van der Waals surface area contributed by atoms with Gasteiger partial charge in [-0.1, -0.05) is 48.0 Å². The van der Waals surface area contributed by atoms with E-state index in [-0.39, 0.29) is 8.85 Å². The largest absolute Gasteiger partial charge is 0.388 e. The fourth-order valence-electron chi connectivity index (χ4n) is 0. The minimum Gasteiger partial charge on any atom is -0.388 e. The summed E-state index contributed by atoms with van der Waals surface area (Å²) in [5.41, 5.74) is 0. The van der Waals surface area contributed by atoms with Crippen LogP contribution in [-0.4, -0.2) is 56.9 Å². The summed E-state index contributed by atoms with van der Waals surface area (Å²) in [5.74, 6) is 0. The van der Waals surface area contributed by atoms with Gasteiger partial charge in [-0.25, -0.2) is 0 Å². The first-order valence-corrected chi connectivity index (χ1v) is 6.09. The second-order valence-corrected chi connectivity index (χ2v) is 3.05. The Hall–Kier alpha value is -0.160. The summed E-state index contributed by atoms with van der Waals surface area (Å²) < 4.78 is 17.0. The second kappa shape index (κ2) is 148. The molecule has 4 nitrogen and oxygen atoms in total. The Morgan fingerprint density at radius 2 is 0.474 bits per heavy atom. The zero-order valence-electron chi connectivity index (χ0n) is 15.0. The Balaban J connectivity index is -0.0000000141. The minimum absolute atomic E-state index is 0. The predicted octanol–water partition coefficient (Wildman–Crippen LogP) is 4.77. The van der Waals surface area contributed by atoms with Gasteiger partial charge in [-0.2, -0.15) is 0 Å². The molecule has 0 rings (SSSR count). The lowest BCUT2D eigenvalue weighted by Gasteiger charge is -1.61. The van der Waals surface area contributed by atoms with E-state index in [1.54, 1.807) is 56.9 Å². The molecule has 0 aromatic rings. The molecule has 0 amide bonds. The van der Waals surface area contributed by atoms with Gasteiger partial charge < -0.3 is 18.9 Å². The summed E-state index contributed by atoms with van der Waals surface area (Å²) in [6.07, 6.45) is 2.50. The molecule has 0 saturated carbocycles. The van der Waals surface area contributed by atoms with Gasteiger partial charge in [0, 0.05) is 58.3 Å². The molecule has 4 heteroatoms. The Kier molecular flexibility index (Phi) is 334. The van der Waals surface area contributed by atoms with Crippen LogP contribution in [0.3, 0.4) is 0 Å². The minimum atomic E-state index is 0. The van der Waals surface area contributed by atoms with Gasteiger partial charge in [-0.15, -0.1) is 0 Å². The highest BCUT2D eigenvalue weighted by atomic mass is 16.5. The average Bonchev–Trinajstić information content (AvgIpc) is 2.23.